The van der Waals surface area contributed by atoms with Gasteiger partial charge in [0.15, 0.2) is 5.65 Å². The van der Waals surface area contributed by atoms with Gasteiger partial charge in [-0.2, -0.15) is 0 Å². The summed E-state index contributed by atoms with van der Waals surface area (Å²) in [5.41, 5.74) is 2.86. The third kappa shape index (κ3) is 2.49. The van der Waals surface area contributed by atoms with E-state index in [1.165, 1.54) is 0 Å². The van der Waals surface area contributed by atoms with Crippen molar-refractivity contribution in [2.24, 2.45) is 0 Å². The molecule has 0 radical (unpaired) electrons. The number of ether oxygens (including phenoxy) is 1. The zero-order chi connectivity index (χ0) is 13.3. The molecule has 0 saturated heterocycles. The van der Waals surface area contributed by atoms with Gasteiger partial charge in [-0.1, -0.05) is 0 Å². The topological polar surface area (TPSA) is 39.9 Å². The molecule has 0 aliphatic carbocycles. The van der Waals surface area contributed by atoms with Crippen molar-refractivity contribution in [1.29, 1.82) is 0 Å². The molecule has 0 N–H and O–H groups in total. The lowest BCUT2D eigenvalue weighted by atomic mass is 10.3. The van der Waals surface area contributed by atoms with Gasteiger partial charge in [-0.3, -0.25) is 0 Å². The molecule has 0 saturated carbocycles. The molecule has 2 atom stereocenters. The van der Waals surface area contributed by atoms with Crippen LogP contribution in [0.15, 0.2) is 12.3 Å². The molecule has 2 unspecified atom stereocenters. The fourth-order valence-electron chi connectivity index (χ4n) is 1.94. The van der Waals surface area contributed by atoms with Gasteiger partial charge in [0.05, 0.1) is 18.0 Å². The van der Waals surface area contributed by atoms with Crippen molar-refractivity contribution in [2.45, 2.75) is 38.8 Å². The van der Waals surface area contributed by atoms with E-state index in [0.29, 0.717) is 6.54 Å². The van der Waals surface area contributed by atoms with Crippen LogP contribution in [0, 0.1) is 6.92 Å². The van der Waals surface area contributed by atoms with E-state index >= 15 is 0 Å². The van der Waals surface area contributed by atoms with Crippen LogP contribution >= 0.6 is 11.6 Å². The number of rotatable bonds is 4. The maximum atomic E-state index is 6.19. The van der Waals surface area contributed by atoms with Crippen LogP contribution in [0.25, 0.3) is 11.2 Å². The van der Waals surface area contributed by atoms with Gasteiger partial charge in [0.25, 0.3) is 0 Å². The summed E-state index contributed by atoms with van der Waals surface area (Å²) in [5.74, 6) is 0.841. The number of aryl methyl sites for hydroxylation is 1. The standard InChI is InChI=1S/C13H18ClN3O/c1-8-5-11-13(15-6-8)17(7-9(2)18-4)12(16-11)10(3)14/h5-6,9-10H,7H2,1-4H3. The molecule has 0 aliphatic rings. The lowest BCUT2D eigenvalue weighted by Gasteiger charge is -2.14. The molecule has 2 rings (SSSR count). The number of hydrogen-bond donors (Lipinski definition) is 0. The monoisotopic (exact) mass is 267 g/mol. The Morgan fingerprint density at radius 1 is 1.44 bits per heavy atom. The Labute approximate surface area is 112 Å². The van der Waals surface area contributed by atoms with Gasteiger partial charge >= 0.3 is 0 Å². The van der Waals surface area contributed by atoms with Crippen LogP contribution in [0.3, 0.4) is 0 Å². The molecule has 0 aliphatic heterocycles. The summed E-state index contributed by atoms with van der Waals surface area (Å²) in [6.45, 7) is 6.65. The van der Waals surface area contributed by atoms with E-state index in [0.717, 1.165) is 22.6 Å². The van der Waals surface area contributed by atoms with Crippen molar-refractivity contribution in [2.75, 3.05) is 7.11 Å². The Morgan fingerprint density at radius 2 is 2.17 bits per heavy atom. The van der Waals surface area contributed by atoms with Crippen LogP contribution in [0.2, 0.25) is 0 Å². The first-order valence-corrected chi connectivity index (χ1v) is 6.46. The van der Waals surface area contributed by atoms with Gasteiger partial charge in [0, 0.05) is 13.3 Å². The molecule has 5 heteroatoms. The minimum atomic E-state index is -0.149. The molecule has 2 aromatic heterocycles. The number of halogens is 1. The number of nitrogens with zero attached hydrogens (tertiary/aromatic N) is 3. The molecular formula is C13H18ClN3O. The summed E-state index contributed by atoms with van der Waals surface area (Å²) in [4.78, 5) is 9.03. The van der Waals surface area contributed by atoms with Crippen LogP contribution in [-0.2, 0) is 11.3 Å². The van der Waals surface area contributed by atoms with E-state index in [1.807, 2.05) is 37.6 Å². The highest BCUT2D eigenvalue weighted by molar-refractivity contribution is 6.20. The second-order valence-electron chi connectivity index (χ2n) is 4.60. The van der Waals surface area contributed by atoms with Gasteiger partial charge < -0.3 is 9.30 Å². The number of alkyl halides is 1. The van der Waals surface area contributed by atoms with Crippen LogP contribution < -0.4 is 0 Å². The summed E-state index contributed by atoms with van der Waals surface area (Å²) >= 11 is 6.19. The van der Waals surface area contributed by atoms with Crippen LogP contribution in [-0.4, -0.2) is 27.7 Å². The average molecular weight is 268 g/mol. The summed E-state index contributed by atoms with van der Waals surface area (Å²) in [5, 5.41) is -0.149. The first-order chi connectivity index (χ1) is 8.52. The zero-order valence-corrected chi connectivity index (χ0v) is 11.9. The summed E-state index contributed by atoms with van der Waals surface area (Å²) in [7, 11) is 1.70. The molecular weight excluding hydrogens is 250 g/mol. The molecule has 0 aromatic carbocycles. The molecule has 18 heavy (non-hydrogen) atoms. The maximum absolute atomic E-state index is 6.19. The fraction of sp³-hybridized carbons (Fsp3) is 0.538. The van der Waals surface area contributed by atoms with E-state index < -0.39 is 0 Å². The number of methoxy groups -OCH3 is 1. The molecule has 2 heterocycles. The number of hydrogen-bond acceptors (Lipinski definition) is 3. The zero-order valence-electron chi connectivity index (χ0n) is 11.1. The van der Waals surface area contributed by atoms with E-state index in [9.17, 15) is 0 Å². The Balaban J connectivity index is 2.55. The number of aromatic nitrogens is 3. The highest BCUT2D eigenvalue weighted by Gasteiger charge is 2.17. The largest absolute Gasteiger partial charge is 0.380 e. The Hall–Kier alpha value is -1.13. The minimum Gasteiger partial charge on any atom is -0.380 e. The van der Waals surface area contributed by atoms with E-state index in [2.05, 4.69) is 9.97 Å². The molecule has 98 valence electrons. The van der Waals surface area contributed by atoms with E-state index in [1.54, 1.807) is 7.11 Å². The molecule has 0 fully saturated rings. The van der Waals surface area contributed by atoms with Crippen LogP contribution in [0.4, 0.5) is 0 Å². The molecule has 0 spiro atoms. The molecule has 2 aromatic rings. The quantitative estimate of drug-likeness (QED) is 0.800. The Bertz CT molecular complexity index is 550. The SMILES string of the molecule is COC(C)Cn1c(C(C)Cl)nc2cc(C)cnc21. The summed E-state index contributed by atoms with van der Waals surface area (Å²) < 4.78 is 7.35. The van der Waals surface area contributed by atoms with Crippen molar-refractivity contribution in [3.05, 3.63) is 23.7 Å². The van der Waals surface area contributed by atoms with Gasteiger partial charge in [0.2, 0.25) is 0 Å². The molecule has 4 nitrogen and oxygen atoms in total. The van der Waals surface area contributed by atoms with Crippen molar-refractivity contribution in [1.82, 2.24) is 14.5 Å². The predicted molar refractivity (Wildman–Crippen MR) is 73.0 cm³/mol. The van der Waals surface area contributed by atoms with E-state index in [-0.39, 0.29) is 11.5 Å². The minimum absolute atomic E-state index is 0.0969. The second kappa shape index (κ2) is 5.24. The first kappa shape index (κ1) is 13.3. The van der Waals surface area contributed by atoms with Crippen molar-refractivity contribution >= 4 is 22.8 Å². The molecule has 0 amide bonds. The normalized spacial score (nSPS) is 14.9. The fourth-order valence-corrected chi connectivity index (χ4v) is 2.11. The van der Waals surface area contributed by atoms with Crippen molar-refractivity contribution < 1.29 is 4.74 Å². The number of fused-ring (bicyclic) bond motifs is 1. The number of pyridine rings is 1. The van der Waals surface area contributed by atoms with Gasteiger partial charge in [-0.25, -0.2) is 9.97 Å². The molecule has 0 bridgehead atoms. The Kier molecular flexibility index (Phi) is 3.88. The highest BCUT2D eigenvalue weighted by Crippen LogP contribution is 2.24. The van der Waals surface area contributed by atoms with Crippen LogP contribution in [0.1, 0.15) is 30.6 Å². The second-order valence-corrected chi connectivity index (χ2v) is 5.25. The lowest BCUT2D eigenvalue weighted by Crippen LogP contribution is -2.17. The van der Waals surface area contributed by atoms with Crippen LogP contribution in [0.5, 0.6) is 0 Å². The predicted octanol–water partition coefficient (Wildman–Crippen LogP) is 3.07. The summed E-state index contributed by atoms with van der Waals surface area (Å²) in [6.07, 6.45) is 1.94. The third-order valence-electron chi connectivity index (χ3n) is 2.95. The van der Waals surface area contributed by atoms with Gasteiger partial charge in [0.1, 0.15) is 11.3 Å². The Morgan fingerprint density at radius 3 is 2.78 bits per heavy atom. The number of imidazole rings is 1. The van der Waals surface area contributed by atoms with Gasteiger partial charge in [-0.15, -0.1) is 11.6 Å². The van der Waals surface area contributed by atoms with Crippen molar-refractivity contribution in [3.8, 4) is 0 Å². The third-order valence-corrected chi connectivity index (χ3v) is 3.14. The average Bonchev–Trinajstić information content (AvgIpc) is 2.67. The maximum Gasteiger partial charge on any atom is 0.160 e. The highest BCUT2D eigenvalue weighted by atomic mass is 35.5. The van der Waals surface area contributed by atoms with Crippen molar-refractivity contribution in [3.63, 3.8) is 0 Å². The summed E-state index contributed by atoms with van der Waals surface area (Å²) in [6, 6.07) is 2.03. The lowest BCUT2D eigenvalue weighted by molar-refractivity contribution is 0.103. The first-order valence-electron chi connectivity index (χ1n) is 6.02. The van der Waals surface area contributed by atoms with Gasteiger partial charge in [-0.05, 0) is 32.4 Å². The smallest absolute Gasteiger partial charge is 0.160 e. The van der Waals surface area contributed by atoms with E-state index in [4.69, 9.17) is 16.3 Å².